The van der Waals surface area contributed by atoms with Crippen LogP contribution in [0.3, 0.4) is 0 Å². The zero-order chi connectivity index (χ0) is 22.7. The number of hydrogen-bond acceptors (Lipinski definition) is 3. The lowest BCUT2D eigenvalue weighted by atomic mass is 9.93. The molecule has 0 radical (unpaired) electrons. The Hall–Kier alpha value is -1.56. The molecule has 0 aliphatic carbocycles. The fraction of sp³-hybridized carbons (Fsp3) is 0.500. The molecule has 1 aliphatic heterocycles. The van der Waals surface area contributed by atoms with Crippen LogP contribution in [-0.4, -0.2) is 40.7 Å². The molecule has 2 heterocycles. The number of hydrogen-bond donors (Lipinski definition) is 0. The van der Waals surface area contributed by atoms with E-state index in [0.717, 1.165) is 24.0 Å². The van der Waals surface area contributed by atoms with Crippen LogP contribution in [-0.2, 0) is 16.0 Å². The first-order valence-corrected chi connectivity index (χ1v) is 12.5. The molecule has 2 amide bonds. The van der Waals surface area contributed by atoms with Crippen LogP contribution in [0.15, 0.2) is 29.6 Å². The van der Waals surface area contributed by atoms with Gasteiger partial charge in [0, 0.05) is 33.9 Å². The minimum absolute atomic E-state index is 0.00858. The van der Waals surface area contributed by atoms with Gasteiger partial charge in [0.1, 0.15) is 6.54 Å². The van der Waals surface area contributed by atoms with E-state index in [4.69, 9.17) is 23.2 Å². The average Bonchev–Trinajstić information content (AvgIpc) is 3.19. The lowest BCUT2D eigenvalue weighted by molar-refractivity contribution is -0.144. The van der Waals surface area contributed by atoms with Gasteiger partial charge in [-0.15, -0.1) is 11.3 Å². The van der Waals surface area contributed by atoms with E-state index in [1.54, 1.807) is 22.3 Å². The summed E-state index contributed by atoms with van der Waals surface area (Å²) >= 11 is 14.4. The van der Waals surface area contributed by atoms with E-state index in [2.05, 4.69) is 11.4 Å². The van der Waals surface area contributed by atoms with Crippen molar-refractivity contribution < 1.29 is 9.59 Å². The first-order valence-electron chi connectivity index (χ1n) is 10.8. The Morgan fingerprint density at radius 3 is 2.58 bits per heavy atom. The molecule has 7 heteroatoms. The predicted octanol–water partition coefficient (Wildman–Crippen LogP) is 6.20. The quantitative estimate of drug-likeness (QED) is 0.472. The normalized spacial score (nSPS) is 16.9. The monoisotopic (exact) mass is 480 g/mol. The van der Waals surface area contributed by atoms with Crippen molar-refractivity contribution in [1.82, 2.24) is 9.80 Å². The van der Waals surface area contributed by atoms with Crippen molar-refractivity contribution in [2.45, 2.75) is 59.0 Å². The highest BCUT2D eigenvalue weighted by Gasteiger charge is 2.35. The zero-order valence-electron chi connectivity index (χ0n) is 18.5. The standard InChI is InChI=1S/C24H30Cl2N2O2S/c1-5-16(4)28(22(29)12-15(2)3)14-23(30)27-10-8-21-19(9-11-31-21)24(27)18-7-6-17(25)13-20(18)26/h6-7,9,11,13,15-16,24H,5,8,10,12,14H2,1-4H3. The number of thiophene rings is 1. The molecule has 2 aromatic rings. The van der Waals surface area contributed by atoms with Crippen LogP contribution < -0.4 is 0 Å². The Morgan fingerprint density at radius 2 is 1.94 bits per heavy atom. The van der Waals surface area contributed by atoms with Gasteiger partial charge in [0.2, 0.25) is 11.8 Å². The van der Waals surface area contributed by atoms with Crippen molar-refractivity contribution in [2.75, 3.05) is 13.1 Å². The van der Waals surface area contributed by atoms with Crippen LogP contribution in [0.5, 0.6) is 0 Å². The number of carbonyl (C=O) groups is 2. The van der Waals surface area contributed by atoms with Gasteiger partial charge in [-0.3, -0.25) is 9.59 Å². The van der Waals surface area contributed by atoms with Crippen LogP contribution in [0.1, 0.15) is 62.6 Å². The maximum Gasteiger partial charge on any atom is 0.243 e. The largest absolute Gasteiger partial charge is 0.331 e. The van der Waals surface area contributed by atoms with Crippen molar-refractivity contribution in [3.8, 4) is 0 Å². The third kappa shape index (κ3) is 5.44. The fourth-order valence-electron chi connectivity index (χ4n) is 4.06. The van der Waals surface area contributed by atoms with E-state index >= 15 is 0 Å². The number of halogens is 2. The van der Waals surface area contributed by atoms with E-state index in [9.17, 15) is 9.59 Å². The van der Waals surface area contributed by atoms with Crippen molar-refractivity contribution in [2.24, 2.45) is 5.92 Å². The van der Waals surface area contributed by atoms with Crippen LogP contribution >= 0.6 is 34.5 Å². The predicted molar refractivity (Wildman–Crippen MR) is 129 cm³/mol. The Balaban J connectivity index is 1.93. The summed E-state index contributed by atoms with van der Waals surface area (Å²) in [6.07, 6.45) is 2.06. The second-order valence-electron chi connectivity index (χ2n) is 8.58. The molecular weight excluding hydrogens is 451 g/mol. The van der Waals surface area contributed by atoms with Crippen LogP contribution in [0.2, 0.25) is 10.0 Å². The molecular formula is C24H30Cl2N2O2S. The molecule has 168 valence electrons. The molecule has 31 heavy (non-hydrogen) atoms. The van der Waals surface area contributed by atoms with Gasteiger partial charge in [0.15, 0.2) is 0 Å². The molecule has 2 unspecified atom stereocenters. The van der Waals surface area contributed by atoms with Crippen molar-refractivity contribution in [1.29, 1.82) is 0 Å². The van der Waals surface area contributed by atoms with Gasteiger partial charge in [-0.1, -0.05) is 50.0 Å². The molecule has 2 atom stereocenters. The van der Waals surface area contributed by atoms with E-state index in [1.165, 1.54) is 4.88 Å². The molecule has 0 saturated carbocycles. The lowest BCUT2D eigenvalue weighted by Crippen LogP contribution is -2.49. The Bertz CT molecular complexity index is 943. The van der Waals surface area contributed by atoms with Gasteiger partial charge in [-0.25, -0.2) is 0 Å². The van der Waals surface area contributed by atoms with E-state index in [1.807, 2.05) is 44.7 Å². The molecule has 1 aromatic carbocycles. The summed E-state index contributed by atoms with van der Waals surface area (Å²) in [6.45, 7) is 8.78. The maximum absolute atomic E-state index is 13.6. The number of benzene rings is 1. The van der Waals surface area contributed by atoms with Gasteiger partial charge in [0.25, 0.3) is 0 Å². The lowest BCUT2D eigenvalue weighted by Gasteiger charge is -2.39. The first-order chi connectivity index (χ1) is 14.7. The molecule has 1 aromatic heterocycles. The van der Waals surface area contributed by atoms with Crippen molar-refractivity contribution in [3.05, 3.63) is 55.7 Å². The second kappa shape index (κ2) is 10.4. The van der Waals surface area contributed by atoms with Gasteiger partial charge in [-0.2, -0.15) is 0 Å². The van der Waals surface area contributed by atoms with Crippen LogP contribution in [0.25, 0.3) is 0 Å². The Labute approximate surface area is 199 Å². The molecule has 0 N–H and O–H groups in total. The van der Waals surface area contributed by atoms with Gasteiger partial charge in [-0.05, 0) is 60.4 Å². The van der Waals surface area contributed by atoms with Crippen LogP contribution in [0.4, 0.5) is 0 Å². The van der Waals surface area contributed by atoms with E-state index in [-0.39, 0.29) is 36.4 Å². The van der Waals surface area contributed by atoms with Crippen LogP contribution in [0, 0.1) is 5.92 Å². The van der Waals surface area contributed by atoms with Gasteiger partial charge < -0.3 is 9.80 Å². The summed E-state index contributed by atoms with van der Waals surface area (Å²) < 4.78 is 0. The van der Waals surface area contributed by atoms with Crippen molar-refractivity contribution in [3.63, 3.8) is 0 Å². The topological polar surface area (TPSA) is 40.6 Å². The number of rotatable bonds is 7. The molecule has 0 bridgehead atoms. The SMILES string of the molecule is CCC(C)N(CC(=O)N1CCc2sccc2C1c1ccc(Cl)cc1Cl)C(=O)CC(C)C. The Kier molecular flexibility index (Phi) is 8.06. The van der Waals surface area contributed by atoms with E-state index < -0.39 is 0 Å². The summed E-state index contributed by atoms with van der Waals surface area (Å²) in [5.41, 5.74) is 1.97. The summed E-state index contributed by atoms with van der Waals surface area (Å²) in [5, 5.41) is 3.17. The van der Waals surface area contributed by atoms with E-state index in [0.29, 0.717) is 23.0 Å². The number of amides is 2. The van der Waals surface area contributed by atoms with Gasteiger partial charge in [0.05, 0.1) is 6.04 Å². The molecule has 4 nitrogen and oxygen atoms in total. The highest BCUT2D eigenvalue weighted by Crippen LogP contribution is 2.41. The minimum Gasteiger partial charge on any atom is -0.331 e. The third-order valence-electron chi connectivity index (χ3n) is 5.88. The molecule has 0 spiro atoms. The summed E-state index contributed by atoms with van der Waals surface area (Å²) in [7, 11) is 0. The summed E-state index contributed by atoms with van der Waals surface area (Å²) in [4.78, 5) is 31.4. The molecule has 0 fully saturated rings. The smallest absolute Gasteiger partial charge is 0.243 e. The minimum atomic E-state index is -0.272. The summed E-state index contributed by atoms with van der Waals surface area (Å²) in [6, 6.07) is 7.24. The molecule has 3 rings (SSSR count). The summed E-state index contributed by atoms with van der Waals surface area (Å²) in [5.74, 6) is 0.232. The molecule has 1 aliphatic rings. The molecule has 0 saturated heterocycles. The second-order valence-corrected chi connectivity index (χ2v) is 10.4. The average molecular weight is 481 g/mol. The third-order valence-corrected chi connectivity index (χ3v) is 7.43. The number of carbonyl (C=O) groups excluding carboxylic acids is 2. The zero-order valence-corrected chi connectivity index (χ0v) is 20.9. The number of nitrogens with zero attached hydrogens (tertiary/aromatic N) is 2. The first kappa shape index (κ1) is 24.1. The van der Waals surface area contributed by atoms with Gasteiger partial charge >= 0.3 is 0 Å². The fourth-order valence-corrected chi connectivity index (χ4v) is 5.47. The Morgan fingerprint density at radius 1 is 1.19 bits per heavy atom. The highest BCUT2D eigenvalue weighted by molar-refractivity contribution is 7.10. The maximum atomic E-state index is 13.6. The van der Waals surface area contributed by atoms with Crippen molar-refractivity contribution >= 4 is 46.4 Å². The number of fused-ring (bicyclic) bond motifs is 1. The highest BCUT2D eigenvalue weighted by atomic mass is 35.5.